The second kappa shape index (κ2) is 4.93. The third-order valence-corrected chi connectivity index (χ3v) is 3.91. The minimum atomic E-state index is -1.19. The number of carboxylic acids is 1. The first-order chi connectivity index (χ1) is 8.50. The van der Waals surface area contributed by atoms with Crippen LogP contribution in [0, 0.1) is 10.5 Å². The van der Waals surface area contributed by atoms with Gasteiger partial charge in [0.1, 0.15) is 0 Å². The molecule has 0 saturated carbocycles. The molecule has 92 valence electrons. The van der Waals surface area contributed by atoms with E-state index >= 15 is 0 Å². The number of carbonyl (C=O) groups excluding carboxylic acids is 1. The molecule has 0 amide bonds. The van der Waals surface area contributed by atoms with Gasteiger partial charge >= 0.3 is 5.97 Å². The summed E-state index contributed by atoms with van der Waals surface area (Å²) in [6, 6.07) is 8.04. The lowest BCUT2D eigenvalue weighted by atomic mass is 10.1. The van der Waals surface area contributed by atoms with Crippen LogP contribution in [0.5, 0.6) is 0 Å². The van der Waals surface area contributed by atoms with Gasteiger partial charge in [0.05, 0.1) is 0 Å². The number of aromatic carboxylic acids is 1. The molecular weight excluding hydrogens is 347 g/mol. The Bertz CT molecular complexity index is 628. The lowest BCUT2D eigenvalue weighted by Crippen LogP contribution is -2.03. The Morgan fingerprint density at radius 3 is 2.44 bits per heavy atom. The second-order valence-electron chi connectivity index (χ2n) is 3.73. The zero-order chi connectivity index (χ0) is 13.3. The Balaban J connectivity index is 2.41. The van der Waals surface area contributed by atoms with Crippen LogP contribution in [0.2, 0.25) is 0 Å². The highest BCUT2D eigenvalue weighted by Crippen LogP contribution is 2.21. The van der Waals surface area contributed by atoms with Crippen LogP contribution in [0.1, 0.15) is 32.2 Å². The summed E-state index contributed by atoms with van der Waals surface area (Å²) in [5, 5.41) is 8.74. The number of aryl methyl sites for hydroxylation is 1. The van der Waals surface area contributed by atoms with Crippen molar-refractivity contribution in [3.8, 4) is 0 Å². The minimum Gasteiger partial charge on any atom is -0.475 e. The van der Waals surface area contributed by atoms with Gasteiger partial charge in [-0.05, 0) is 53.3 Å². The molecule has 0 radical (unpaired) electrons. The number of carboxylic acid groups (broad SMARTS) is 1. The Morgan fingerprint density at radius 2 is 1.83 bits per heavy atom. The highest BCUT2D eigenvalue weighted by molar-refractivity contribution is 14.1. The summed E-state index contributed by atoms with van der Waals surface area (Å²) in [7, 11) is 0. The van der Waals surface area contributed by atoms with E-state index in [2.05, 4.69) is 22.6 Å². The van der Waals surface area contributed by atoms with E-state index in [4.69, 9.17) is 9.52 Å². The summed E-state index contributed by atoms with van der Waals surface area (Å²) in [6.45, 7) is 1.91. The van der Waals surface area contributed by atoms with Crippen LogP contribution in [0.15, 0.2) is 34.7 Å². The van der Waals surface area contributed by atoms with E-state index in [1.54, 1.807) is 12.1 Å². The van der Waals surface area contributed by atoms with E-state index in [1.165, 1.54) is 12.1 Å². The Hall–Kier alpha value is -1.63. The molecule has 0 aliphatic heterocycles. The molecule has 1 heterocycles. The normalized spacial score (nSPS) is 10.3. The van der Waals surface area contributed by atoms with Gasteiger partial charge in [-0.1, -0.05) is 12.1 Å². The number of halogens is 1. The fraction of sp³-hybridized carbons (Fsp3) is 0.0769. The second-order valence-corrected chi connectivity index (χ2v) is 4.81. The monoisotopic (exact) mass is 356 g/mol. The first kappa shape index (κ1) is 12.8. The predicted molar refractivity (Wildman–Crippen MR) is 73.0 cm³/mol. The SMILES string of the molecule is Cc1cccc(C(=O)c2ccc(C(=O)O)o2)c1I. The van der Waals surface area contributed by atoms with Crippen LogP contribution in [0.25, 0.3) is 0 Å². The quantitative estimate of drug-likeness (QED) is 0.678. The highest BCUT2D eigenvalue weighted by Gasteiger charge is 2.18. The molecule has 4 nitrogen and oxygen atoms in total. The topological polar surface area (TPSA) is 67.5 Å². The number of ketones is 1. The van der Waals surface area contributed by atoms with Crippen LogP contribution >= 0.6 is 22.6 Å². The fourth-order valence-corrected chi connectivity index (χ4v) is 2.13. The van der Waals surface area contributed by atoms with E-state index in [-0.39, 0.29) is 17.3 Å². The fourth-order valence-electron chi connectivity index (χ4n) is 1.53. The first-order valence-corrected chi connectivity index (χ1v) is 6.21. The highest BCUT2D eigenvalue weighted by atomic mass is 127. The molecule has 2 rings (SSSR count). The lowest BCUT2D eigenvalue weighted by molar-refractivity contribution is 0.0660. The maximum atomic E-state index is 12.2. The van der Waals surface area contributed by atoms with E-state index in [1.807, 2.05) is 13.0 Å². The molecule has 5 heteroatoms. The van der Waals surface area contributed by atoms with E-state index in [0.717, 1.165) is 9.13 Å². The molecule has 0 aliphatic rings. The average molecular weight is 356 g/mol. The molecule has 0 atom stereocenters. The maximum absolute atomic E-state index is 12.2. The van der Waals surface area contributed by atoms with Gasteiger partial charge in [-0.25, -0.2) is 4.79 Å². The van der Waals surface area contributed by atoms with Crippen molar-refractivity contribution in [1.29, 1.82) is 0 Å². The van der Waals surface area contributed by atoms with Gasteiger partial charge in [-0.2, -0.15) is 0 Å². The Morgan fingerprint density at radius 1 is 1.17 bits per heavy atom. The molecule has 1 N–H and O–H groups in total. The number of furan rings is 1. The molecule has 0 unspecified atom stereocenters. The minimum absolute atomic E-state index is 0.0379. The number of benzene rings is 1. The number of hydrogen-bond donors (Lipinski definition) is 1. The summed E-state index contributed by atoms with van der Waals surface area (Å²) in [4.78, 5) is 22.9. The molecule has 2 aromatic rings. The summed E-state index contributed by atoms with van der Waals surface area (Å²) >= 11 is 2.09. The van der Waals surface area contributed by atoms with Crippen molar-refractivity contribution in [2.24, 2.45) is 0 Å². The van der Waals surface area contributed by atoms with Crippen molar-refractivity contribution >= 4 is 34.3 Å². The van der Waals surface area contributed by atoms with Gasteiger partial charge in [0.2, 0.25) is 11.5 Å². The zero-order valence-electron chi connectivity index (χ0n) is 9.44. The zero-order valence-corrected chi connectivity index (χ0v) is 11.6. The number of hydrogen-bond acceptors (Lipinski definition) is 3. The Kier molecular flexibility index (Phi) is 3.51. The first-order valence-electron chi connectivity index (χ1n) is 5.13. The molecular formula is C13H9IO4. The van der Waals surface area contributed by atoms with Gasteiger partial charge in [0.15, 0.2) is 5.76 Å². The van der Waals surface area contributed by atoms with Crippen LogP contribution in [-0.4, -0.2) is 16.9 Å². The van der Waals surface area contributed by atoms with Crippen LogP contribution in [0.4, 0.5) is 0 Å². The average Bonchev–Trinajstić information content (AvgIpc) is 2.81. The Labute approximate surface area is 117 Å². The van der Waals surface area contributed by atoms with E-state index in [0.29, 0.717) is 5.56 Å². The molecule has 0 aliphatic carbocycles. The largest absolute Gasteiger partial charge is 0.475 e. The van der Waals surface area contributed by atoms with Gasteiger partial charge in [-0.15, -0.1) is 0 Å². The van der Waals surface area contributed by atoms with Crippen molar-refractivity contribution in [3.63, 3.8) is 0 Å². The van der Waals surface area contributed by atoms with Gasteiger partial charge in [-0.3, -0.25) is 4.79 Å². The lowest BCUT2D eigenvalue weighted by Gasteiger charge is -2.04. The molecule has 0 spiro atoms. The van der Waals surface area contributed by atoms with Gasteiger partial charge < -0.3 is 9.52 Å². The van der Waals surface area contributed by atoms with Crippen LogP contribution < -0.4 is 0 Å². The molecule has 18 heavy (non-hydrogen) atoms. The van der Waals surface area contributed by atoms with Crippen molar-refractivity contribution in [1.82, 2.24) is 0 Å². The standard InChI is InChI=1S/C13H9IO4/c1-7-3-2-4-8(11(7)14)12(15)9-5-6-10(18-9)13(16)17/h2-6H,1H3,(H,16,17). The number of carbonyl (C=O) groups is 2. The maximum Gasteiger partial charge on any atom is 0.371 e. The van der Waals surface area contributed by atoms with E-state index < -0.39 is 5.97 Å². The smallest absolute Gasteiger partial charge is 0.371 e. The third-order valence-electron chi connectivity index (χ3n) is 2.48. The van der Waals surface area contributed by atoms with Crippen molar-refractivity contribution in [2.45, 2.75) is 6.92 Å². The molecule has 1 aromatic carbocycles. The number of rotatable bonds is 3. The van der Waals surface area contributed by atoms with Crippen molar-refractivity contribution < 1.29 is 19.1 Å². The van der Waals surface area contributed by atoms with Crippen molar-refractivity contribution in [2.75, 3.05) is 0 Å². The molecule has 0 saturated heterocycles. The van der Waals surface area contributed by atoms with Crippen LogP contribution in [-0.2, 0) is 0 Å². The van der Waals surface area contributed by atoms with Gasteiger partial charge in [0, 0.05) is 9.13 Å². The molecule has 1 aromatic heterocycles. The summed E-state index contributed by atoms with van der Waals surface area (Å²) < 4.78 is 5.84. The van der Waals surface area contributed by atoms with Crippen LogP contribution in [0.3, 0.4) is 0 Å². The summed E-state index contributed by atoms with van der Waals surface area (Å²) in [5.74, 6) is -1.69. The molecule has 0 fully saturated rings. The van der Waals surface area contributed by atoms with Crippen molar-refractivity contribution in [3.05, 3.63) is 56.5 Å². The predicted octanol–water partition coefficient (Wildman–Crippen LogP) is 3.12. The van der Waals surface area contributed by atoms with Gasteiger partial charge in [0.25, 0.3) is 0 Å². The third kappa shape index (κ3) is 2.31. The molecule has 0 bridgehead atoms. The van der Waals surface area contributed by atoms with E-state index in [9.17, 15) is 9.59 Å². The summed E-state index contributed by atoms with van der Waals surface area (Å²) in [6.07, 6.45) is 0. The summed E-state index contributed by atoms with van der Waals surface area (Å²) in [5.41, 5.74) is 1.51.